The molecular weight excluding hydrogens is 276 g/mol. The highest BCUT2D eigenvalue weighted by molar-refractivity contribution is 7.89. The van der Waals surface area contributed by atoms with Gasteiger partial charge < -0.3 is 0 Å². The van der Waals surface area contributed by atoms with Crippen molar-refractivity contribution in [1.29, 1.82) is 0 Å². The highest BCUT2D eigenvalue weighted by Crippen LogP contribution is 2.24. The lowest BCUT2D eigenvalue weighted by Crippen LogP contribution is -2.38. The number of rotatable bonds is 6. The molecule has 6 heteroatoms. The first-order chi connectivity index (χ1) is 9.49. The number of aryl methyl sites for hydroxylation is 1. The van der Waals surface area contributed by atoms with E-state index in [1.54, 1.807) is 12.4 Å². The van der Waals surface area contributed by atoms with Crippen LogP contribution in [0.25, 0.3) is 0 Å². The van der Waals surface area contributed by atoms with Crippen molar-refractivity contribution in [2.75, 3.05) is 12.3 Å². The number of carbonyl (C=O) groups excluding carboxylic acids is 1. The number of pyridine rings is 1. The Morgan fingerprint density at radius 1 is 1.40 bits per heavy atom. The minimum Gasteiger partial charge on any atom is -0.300 e. The van der Waals surface area contributed by atoms with Crippen molar-refractivity contribution in [3.8, 4) is 0 Å². The normalized spacial score (nSPS) is 20.1. The molecule has 0 aliphatic carbocycles. The summed E-state index contributed by atoms with van der Waals surface area (Å²) in [5, 5.41) is 0. The second kappa shape index (κ2) is 6.45. The molecular formula is C14H20N2O3S. The molecule has 1 fully saturated rings. The second-order valence-electron chi connectivity index (χ2n) is 5.23. The lowest BCUT2D eigenvalue weighted by atomic mass is 10.1. The summed E-state index contributed by atoms with van der Waals surface area (Å²) in [5.74, 6) is 0.136. The summed E-state index contributed by atoms with van der Waals surface area (Å²) in [6, 6.07) is 3.51. The average molecular weight is 296 g/mol. The number of hydrogen-bond acceptors (Lipinski definition) is 4. The van der Waals surface area contributed by atoms with Crippen LogP contribution in [0.15, 0.2) is 24.5 Å². The molecule has 1 aliphatic rings. The van der Waals surface area contributed by atoms with Crippen molar-refractivity contribution in [2.24, 2.45) is 0 Å². The summed E-state index contributed by atoms with van der Waals surface area (Å²) in [6.45, 7) is 2.05. The van der Waals surface area contributed by atoms with Gasteiger partial charge >= 0.3 is 0 Å². The summed E-state index contributed by atoms with van der Waals surface area (Å²) in [7, 11) is -3.29. The van der Waals surface area contributed by atoms with Crippen LogP contribution in [-0.2, 0) is 21.2 Å². The molecule has 0 aromatic carbocycles. The maximum absolute atomic E-state index is 12.4. The highest BCUT2D eigenvalue weighted by atomic mass is 32.2. The molecule has 0 saturated carbocycles. The molecule has 0 amide bonds. The first-order valence-electron chi connectivity index (χ1n) is 6.87. The van der Waals surface area contributed by atoms with Gasteiger partial charge in [-0.3, -0.25) is 9.78 Å². The summed E-state index contributed by atoms with van der Waals surface area (Å²) in [6.07, 6.45) is 5.76. The van der Waals surface area contributed by atoms with Gasteiger partial charge in [0.25, 0.3) is 0 Å². The van der Waals surface area contributed by atoms with Crippen molar-refractivity contribution in [2.45, 2.75) is 38.6 Å². The van der Waals surface area contributed by atoms with Crippen LogP contribution in [0.3, 0.4) is 0 Å². The molecule has 0 N–H and O–H groups in total. The fourth-order valence-corrected chi connectivity index (χ4v) is 4.39. The van der Waals surface area contributed by atoms with Gasteiger partial charge in [-0.25, -0.2) is 8.42 Å². The Morgan fingerprint density at radius 3 is 2.75 bits per heavy atom. The fourth-order valence-electron chi connectivity index (χ4n) is 2.62. The highest BCUT2D eigenvalue weighted by Gasteiger charge is 2.34. The van der Waals surface area contributed by atoms with Crippen LogP contribution in [0.4, 0.5) is 0 Å². The van der Waals surface area contributed by atoms with E-state index in [2.05, 4.69) is 4.98 Å². The molecule has 1 saturated heterocycles. The molecule has 0 bridgehead atoms. The summed E-state index contributed by atoms with van der Waals surface area (Å²) in [5.41, 5.74) is 0.964. The molecule has 0 radical (unpaired) electrons. The average Bonchev–Trinajstić information content (AvgIpc) is 2.86. The maximum Gasteiger partial charge on any atom is 0.214 e. The number of nitrogens with zero attached hydrogens (tertiary/aromatic N) is 2. The summed E-state index contributed by atoms with van der Waals surface area (Å²) < 4.78 is 26.3. The van der Waals surface area contributed by atoms with Gasteiger partial charge in [0.15, 0.2) is 0 Å². The van der Waals surface area contributed by atoms with Crippen molar-refractivity contribution in [1.82, 2.24) is 9.29 Å². The first kappa shape index (κ1) is 15.1. The number of carbonyl (C=O) groups is 1. The third-order valence-electron chi connectivity index (χ3n) is 3.60. The standard InChI is InChI=1S/C14H20N2O3S/c1-12(17)11-14-3-2-9-16(14)20(18,19)10-6-13-4-7-15-8-5-13/h4-5,7-8,14H,2-3,6,9-11H2,1H3. The Kier molecular flexibility index (Phi) is 4.88. The molecule has 0 spiro atoms. The topological polar surface area (TPSA) is 67.3 Å². The van der Waals surface area contributed by atoms with Crippen LogP contribution in [0.5, 0.6) is 0 Å². The van der Waals surface area contributed by atoms with Crippen molar-refractivity contribution < 1.29 is 13.2 Å². The SMILES string of the molecule is CC(=O)CC1CCCN1S(=O)(=O)CCc1ccncc1. The molecule has 1 aliphatic heterocycles. The lowest BCUT2D eigenvalue weighted by molar-refractivity contribution is -0.117. The minimum atomic E-state index is -3.29. The fraction of sp³-hybridized carbons (Fsp3) is 0.571. The zero-order chi connectivity index (χ0) is 14.6. The van der Waals surface area contributed by atoms with E-state index in [0.29, 0.717) is 19.4 Å². The van der Waals surface area contributed by atoms with E-state index in [4.69, 9.17) is 0 Å². The van der Waals surface area contributed by atoms with E-state index >= 15 is 0 Å². The third-order valence-corrected chi connectivity index (χ3v) is 5.52. The quantitative estimate of drug-likeness (QED) is 0.796. The first-order valence-corrected chi connectivity index (χ1v) is 8.48. The summed E-state index contributed by atoms with van der Waals surface area (Å²) >= 11 is 0. The molecule has 110 valence electrons. The predicted octanol–water partition coefficient (Wildman–Crippen LogP) is 1.40. The monoisotopic (exact) mass is 296 g/mol. The van der Waals surface area contributed by atoms with Gasteiger partial charge in [0.1, 0.15) is 5.78 Å². The van der Waals surface area contributed by atoms with Crippen molar-refractivity contribution >= 4 is 15.8 Å². The summed E-state index contributed by atoms with van der Waals surface area (Å²) in [4.78, 5) is 15.1. The van der Waals surface area contributed by atoms with Crippen LogP contribution < -0.4 is 0 Å². The van der Waals surface area contributed by atoms with E-state index < -0.39 is 10.0 Å². The van der Waals surface area contributed by atoms with E-state index in [1.165, 1.54) is 11.2 Å². The maximum atomic E-state index is 12.4. The van der Waals surface area contributed by atoms with Gasteiger partial charge in [-0.05, 0) is 43.9 Å². The smallest absolute Gasteiger partial charge is 0.214 e. The molecule has 1 atom stereocenters. The largest absolute Gasteiger partial charge is 0.300 e. The number of hydrogen-bond donors (Lipinski definition) is 0. The van der Waals surface area contributed by atoms with Crippen LogP contribution >= 0.6 is 0 Å². The van der Waals surface area contributed by atoms with E-state index in [1.807, 2.05) is 12.1 Å². The van der Waals surface area contributed by atoms with Gasteiger partial charge in [-0.15, -0.1) is 0 Å². The van der Waals surface area contributed by atoms with Gasteiger partial charge in [-0.1, -0.05) is 0 Å². The number of aromatic nitrogens is 1. The second-order valence-corrected chi connectivity index (χ2v) is 7.28. The zero-order valence-corrected chi connectivity index (χ0v) is 12.5. The van der Waals surface area contributed by atoms with Crippen LogP contribution in [-0.4, -0.2) is 41.8 Å². The molecule has 2 rings (SSSR count). The van der Waals surface area contributed by atoms with Crippen molar-refractivity contribution in [3.05, 3.63) is 30.1 Å². The molecule has 2 heterocycles. The predicted molar refractivity (Wildman–Crippen MR) is 76.8 cm³/mol. The zero-order valence-electron chi connectivity index (χ0n) is 11.7. The Balaban J connectivity index is 2.00. The van der Waals surface area contributed by atoms with Crippen LogP contribution in [0.2, 0.25) is 0 Å². The molecule has 1 aromatic rings. The molecule has 5 nitrogen and oxygen atoms in total. The third kappa shape index (κ3) is 3.86. The van der Waals surface area contributed by atoms with Gasteiger partial charge in [-0.2, -0.15) is 4.31 Å². The Morgan fingerprint density at radius 2 is 2.10 bits per heavy atom. The van der Waals surface area contributed by atoms with Crippen LogP contribution in [0.1, 0.15) is 31.7 Å². The molecule has 1 unspecified atom stereocenters. The Hall–Kier alpha value is -1.27. The van der Waals surface area contributed by atoms with Gasteiger partial charge in [0, 0.05) is 31.4 Å². The Labute approximate surface area is 120 Å². The van der Waals surface area contributed by atoms with E-state index in [9.17, 15) is 13.2 Å². The molecule has 1 aromatic heterocycles. The van der Waals surface area contributed by atoms with Crippen molar-refractivity contribution in [3.63, 3.8) is 0 Å². The van der Waals surface area contributed by atoms with Crippen LogP contribution in [0, 0.1) is 0 Å². The van der Waals surface area contributed by atoms with E-state index in [0.717, 1.165) is 18.4 Å². The van der Waals surface area contributed by atoms with Gasteiger partial charge in [0.05, 0.1) is 5.75 Å². The number of ketones is 1. The minimum absolute atomic E-state index is 0.0474. The molecule has 20 heavy (non-hydrogen) atoms. The Bertz CT molecular complexity index is 557. The van der Waals surface area contributed by atoms with E-state index in [-0.39, 0.29) is 17.6 Å². The van der Waals surface area contributed by atoms with Gasteiger partial charge in [0.2, 0.25) is 10.0 Å². The number of Topliss-reactive ketones (excluding diaryl/α,β-unsaturated/α-hetero) is 1. The lowest BCUT2D eigenvalue weighted by Gasteiger charge is -2.23. The number of sulfonamides is 1.